The van der Waals surface area contributed by atoms with Crippen LogP contribution in [0.1, 0.15) is 19.4 Å². The SMILES string of the molecule is COc1ccc(OC(C)C)c(NCc2ccc([S@@](C)=O)cc2)c1. The molecular weight excluding hydrogens is 310 g/mol. The maximum Gasteiger partial charge on any atom is 0.143 e. The standard InChI is InChI=1S/C18H23NO3S/c1-13(2)22-18-10-7-15(21-3)11-17(18)19-12-14-5-8-16(9-6-14)23(4)20/h5-11,13,19H,12H2,1-4H3/t23-/m1/s1. The molecule has 2 aromatic carbocycles. The van der Waals surface area contributed by atoms with Crippen molar-refractivity contribution in [3.8, 4) is 11.5 Å². The van der Waals surface area contributed by atoms with Crippen molar-refractivity contribution in [3.63, 3.8) is 0 Å². The van der Waals surface area contributed by atoms with E-state index in [1.165, 1.54) is 0 Å². The van der Waals surface area contributed by atoms with Crippen LogP contribution in [0.15, 0.2) is 47.4 Å². The third-order valence-corrected chi connectivity index (χ3v) is 4.22. The Hall–Kier alpha value is -2.01. The molecule has 0 aliphatic carbocycles. The van der Waals surface area contributed by atoms with Gasteiger partial charge in [-0.1, -0.05) is 12.1 Å². The third kappa shape index (κ3) is 4.99. The average molecular weight is 333 g/mol. The Bertz CT molecular complexity index is 668. The highest BCUT2D eigenvalue weighted by atomic mass is 32.2. The molecule has 0 bridgehead atoms. The summed E-state index contributed by atoms with van der Waals surface area (Å²) in [4.78, 5) is 0.832. The van der Waals surface area contributed by atoms with E-state index in [0.717, 1.165) is 27.6 Å². The van der Waals surface area contributed by atoms with E-state index in [1.807, 2.05) is 56.3 Å². The lowest BCUT2D eigenvalue weighted by atomic mass is 10.2. The maximum atomic E-state index is 11.4. The predicted molar refractivity (Wildman–Crippen MR) is 94.9 cm³/mol. The number of nitrogens with one attached hydrogen (secondary N) is 1. The topological polar surface area (TPSA) is 47.6 Å². The van der Waals surface area contributed by atoms with Gasteiger partial charge in [-0.05, 0) is 43.7 Å². The summed E-state index contributed by atoms with van der Waals surface area (Å²) >= 11 is 0. The lowest BCUT2D eigenvalue weighted by molar-refractivity contribution is 0.243. The summed E-state index contributed by atoms with van der Waals surface area (Å²) in [5, 5.41) is 3.38. The smallest absolute Gasteiger partial charge is 0.143 e. The number of methoxy groups -OCH3 is 1. The highest BCUT2D eigenvalue weighted by Crippen LogP contribution is 2.30. The van der Waals surface area contributed by atoms with Gasteiger partial charge in [0.25, 0.3) is 0 Å². The zero-order chi connectivity index (χ0) is 16.8. The summed E-state index contributed by atoms with van der Waals surface area (Å²) in [7, 11) is 0.696. The Morgan fingerprint density at radius 3 is 2.39 bits per heavy atom. The molecule has 0 fully saturated rings. The van der Waals surface area contributed by atoms with Crippen LogP contribution >= 0.6 is 0 Å². The molecule has 2 aromatic rings. The molecule has 23 heavy (non-hydrogen) atoms. The minimum Gasteiger partial charge on any atom is -0.497 e. The lowest BCUT2D eigenvalue weighted by Crippen LogP contribution is -2.09. The number of hydrogen-bond donors (Lipinski definition) is 1. The first-order chi connectivity index (χ1) is 11.0. The van der Waals surface area contributed by atoms with E-state index in [0.29, 0.717) is 6.54 Å². The molecule has 0 aliphatic rings. The van der Waals surface area contributed by atoms with Crippen LogP contribution < -0.4 is 14.8 Å². The Kier molecular flexibility index (Phi) is 6.04. The van der Waals surface area contributed by atoms with Crippen LogP contribution in [0, 0.1) is 0 Å². The van der Waals surface area contributed by atoms with E-state index < -0.39 is 10.8 Å². The molecule has 4 nitrogen and oxygen atoms in total. The first-order valence-electron chi connectivity index (χ1n) is 7.50. The van der Waals surface area contributed by atoms with Gasteiger partial charge in [-0.3, -0.25) is 4.21 Å². The predicted octanol–water partition coefficient (Wildman–Crippen LogP) is 3.83. The second kappa shape index (κ2) is 8.02. The molecule has 2 rings (SSSR count). The molecule has 0 radical (unpaired) electrons. The van der Waals surface area contributed by atoms with Gasteiger partial charge in [0.1, 0.15) is 11.5 Å². The number of benzene rings is 2. The summed E-state index contributed by atoms with van der Waals surface area (Å²) in [6.07, 6.45) is 1.78. The van der Waals surface area contributed by atoms with Gasteiger partial charge < -0.3 is 14.8 Å². The van der Waals surface area contributed by atoms with Gasteiger partial charge in [-0.2, -0.15) is 0 Å². The van der Waals surface area contributed by atoms with Crippen molar-refractivity contribution in [2.75, 3.05) is 18.7 Å². The molecule has 0 saturated carbocycles. The molecule has 0 aromatic heterocycles. The van der Waals surface area contributed by atoms with Crippen molar-refractivity contribution in [2.24, 2.45) is 0 Å². The molecule has 0 spiro atoms. The first kappa shape index (κ1) is 17.3. The molecule has 0 unspecified atom stereocenters. The maximum absolute atomic E-state index is 11.4. The van der Waals surface area contributed by atoms with Gasteiger partial charge in [0.05, 0.1) is 18.9 Å². The average Bonchev–Trinajstić information content (AvgIpc) is 2.53. The van der Waals surface area contributed by atoms with Crippen molar-refractivity contribution >= 4 is 16.5 Å². The second-order valence-corrected chi connectivity index (χ2v) is 6.86. The zero-order valence-corrected chi connectivity index (χ0v) is 14.8. The van der Waals surface area contributed by atoms with E-state index in [9.17, 15) is 4.21 Å². The highest BCUT2D eigenvalue weighted by molar-refractivity contribution is 7.84. The molecule has 0 heterocycles. The minimum absolute atomic E-state index is 0.0998. The van der Waals surface area contributed by atoms with Crippen molar-refractivity contribution < 1.29 is 13.7 Å². The summed E-state index contributed by atoms with van der Waals surface area (Å²) in [5.41, 5.74) is 2.00. The van der Waals surface area contributed by atoms with Crippen LogP contribution in [-0.2, 0) is 17.3 Å². The van der Waals surface area contributed by atoms with Crippen LogP contribution in [0.4, 0.5) is 5.69 Å². The van der Waals surface area contributed by atoms with Crippen LogP contribution in [0.25, 0.3) is 0 Å². The number of rotatable bonds is 7. The van der Waals surface area contributed by atoms with E-state index in [1.54, 1.807) is 13.4 Å². The molecule has 0 aliphatic heterocycles. The Morgan fingerprint density at radius 2 is 1.83 bits per heavy atom. The fourth-order valence-electron chi connectivity index (χ4n) is 2.13. The normalized spacial score (nSPS) is 12.0. The van der Waals surface area contributed by atoms with Crippen molar-refractivity contribution in [1.29, 1.82) is 0 Å². The summed E-state index contributed by atoms with van der Waals surface area (Å²) in [6.45, 7) is 4.65. The monoisotopic (exact) mass is 333 g/mol. The Balaban J connectivity index is 2.13. The van der Waals surface area contributed by atoms with E-state index >= 15 is 0 Å². The van der Waals surface area contributed by atoms with Gasteiger partial charge in [-0.15, -0.1) is 0 Å². The van der Waals surface area contributed by atoms with Crippen LogP contribution in [0.2, 0.25) is 0 Å². The van der Waals surface area contributed by atoms with Crippen LogP contribution in [0.3, 0.4) is 0 Å². The lowest BCUT2D eigenvalue weighted by Gasteiger charge is -2.16. The fourth-order valence-corrected chi connectivity index (χ4v) is 2.65. The summed E-state index contributed by atoms with van der Waals surface area (Å²) < 4.78 is 22.5. The number of ether oxygens (including phenoxy) is 2. The molecule has 1 N–H and O–H groups in total. The quantitative estimate of drug-likeness (QED) is 0.836. The minimum atomic E-state index is -0.949. The summed E-state index contributed by atoms with van der Waals surface area (Å²) in [6, 6.07) is 13.5. The molecular formula is C18H23NO3S. The van der Waals surface area contributed by atoms with Gasteiger partial charge in [0.2, 0.25) is 0 Å². The highest BCUT2D eigenvalue weighted by Gasteiger charge is 2.08. The van der Waals surface area contributed by atoms with Crippen LogP contribution in [-0.4, -0.2) is 23.7 Å². The van der Waals surface area contributed by atoms with E-state index in [4.69, 9.17) is 9.47 Å². The fraction of sp³-hybridized carbons (Fsp3) is 0.333. The van der Waals surface area contributed by atoms with Crippen LogP contribution in [0.5, 0.6) is 11.5 Å². The van der Waals surface area contributed by atoms with Gasteiger partial charge >= 0.3 is 0 Å². The molecule has 0 saturated heterocycles. The third-order valence-electron chi connectivity index (χ3n) is 3.29. The van der Waals surface area contributed by atoms with Gasteiger partial charge in [0.15, 0.2) is 0 Å². The summed E-state index contributed by atoms with van der Waals surface area (Å²) in [5.74, 6) is 1.58. The zero-order valence-electron chi connectivity index (χ0n) is 14.0. The van der Waals surface area contributed by atoms with Crippen molar-refractivity contribution in [3.05, 3.63) is 48.0 Å². The second-order valence-electron chi connectivity index (χ2n) is 5.48. The van der Waals surface area contributed by atoms with E-state index in [2.05, 4.69) is 5.32 Å². The van der Waals surface area contributed by atoms with Gasteiger partial charge in [0, 0.05) is 34.6 Å². The Labute approximate surface area is 140 Å². The molecule has 5 heteroatoms. The largest absolute Gasteiger partial charge is 0.497 e. The van der Waals surface area contributed by atoms with Crippen molar-refractivity contribution in [2.45, 2.75) is 31.4 Å². The molecule has 0 amide bonds. The number of anilines is 1. The first-order valence-corrected chi connectivity index (χ1v) is 9.06. The molecule has 124 valence electrons. The van der Waals surface area contributed by atoms with E-state index in [-0.39, 0.29) is 6.10 Å². The Morgan fingerprint density at radius 1 is 1.13 bits per heavy atom. The number of hydrogen-bond acceptors (Lipinski definition) is 4. The van der Waals surface area contributed by atoms with Gasteiger partial charge in [-0.25, -0.2) is 0 Å². The van der Waals surface area contributed by atoms with Crippen molar-refractivity contribution in [1.82, 2.24) is 0 Å². The molecule has 1 atom stereocenters.